The lowest BCUT2D eigenvalue weighted by Gasteiger charge is -2.27. The maximum Gasteiger partial charge on any atom is 0.341 e. The largest absolute Gasteiger partial charge is 0.477 e. The van der Waals surface area contributed by atoms with E-state index in [-0.39, 0.29) is 11.0 Å². The van der Waals surface area contributed by atoms with Crippen molar-refractivity contribution in [3.63, 3.8) is 0 Å². The van der Waals surface area contributed by atoms with Crippen molar-refractivity contribution >= 4 is 16.9 Å². The Morgan fingerprint density at radius 2 is 2.09 bits per heavy atom. The van der Waals surface area contributed by atoms with Gasteiger partial charge >= 0.3 is 5.97 Å². The molecule has 2 heterocycles. The molecule has 2 aliphatic rings. The van der Waals surface area contributed by atoms with E-state index in [4.69, 9.17) is 0 Å². The van der Waals surface area contributed by atoms with Gasteiger partial charge in [0.25, 0.3) is 0 Å². The van der Waals surface area contributed by atoms with Crippen LogP contribution in [-0.4, -0.2) is 15.6 Å². The van der Waals surface area contributed by atoms with Gasteiger partial charge in [0.15, 0.2) is 0 Å². The first-order valence-electron chi connectivity index (χ1n) is 8.56. The van der Waals surface area contributed by atoms with E-state index in [1.54, 1.807) is 6.20 Å². The smallest absolute Gasteiger partial charge is 0.341 e. The van der Waals surface area contributed by atoms with Crippen molar-refractivity contribution in [3.05, 3.63) is 45.2 Å². The second kappa shape index (κ2) is 5.22. The zero-order valence-electron chi connectivity index (χ0n) is 13.3. The van der Waals surface area contributed by atoms with Crippen LogP contribution in [0.3, 0.4) is 0 Å². The molecule has 1 aromatic heterocycles. The van der Waals surface area contributed by atoms with Crippen molar-refractivity contribution in [3.8, 4) is 0 Å². The molecule has 1 aliphatic heterocycles. The number of aromatic carboxylic acids is 1. The number of carbonyl (C=O) groups is 1. The van der Waals surface area contributed by atoms with Gasteiger partial charge in [-0.2, -0.15) is 0 Å². The molecule has 2 aromatic rings. The number of pyridine rings is 1. The van der Waals surface area contributed by atoms with Crippen LogP contribution in [0.2, 0.25) is 0 Å². The highest BCUT2D eigenvalue weighted by molar-refractivity contribution is 5.94. The van der Waals surface area contributed by atoms with Gasteiger partial charge in [-0.15, -0.1) is 0 Å². The van der Waals surface area contributed by atoms with Gasteiger partial charge in [0.05, 0.1) is 5.52 Å². The molecule has 0 saturated heterocycles. The summed E-state index contributed by atoms with van der Waals surface area (Å²) >= 11 is 0. The summed E-state index contributed by atoms with van der Waals surface area (Å²) in [6, 6.07) is 4.50. The minimum atomic E-state index is -1.12. The molecule has 4 heteroatoms. The highest BCUT2D eigenvalue weighted by Crippen LogP contribution is 2.49. The summed E-state index contributed by atoms with van der Waals surface area (Å²) in [5.41, 5.74) is 2.98. The molecule has 2 atom stereocenters. The molecule has 1 aliphatic carbocycles. The molecule has 0 radical (unpaired) electrons. The molecule has 120 valence electrons. The molecule has 1 N–H and O–H groups in total. The fourth-order valence-corrected chi connectivity index (χ4v) is 4.52. The second-order valence-corrected chi connectivity index (χ2v) is 6.87. The number of rotatable bonds is 3. The number of fused-ring (bicyclic) bond motifs is 3. The fraction of sp³-hybridized carbons (Fsp3) is 0.474. The van der Waals surface area contributed by atoms with Gasteiger partial charge in [0.2, 0.25) is 5.43 Å². The molecular formula is C19H21NO3. The van der Waals surface area contributed by atoms with Gasteiger partial charge in [0, 0.05) is 23.5 Å². The van der Waals surface area contributed by atoms with Crippen LogP contribution >= 0.6 is 0 Å². The van der Waals surface area contributed by atoms with Crippen LogP contribution in [0.5, 0.6) is 0 Å². The molecule has 1 saturated carbocycles. The van der Waals surface area contributed by atoms with E-state index in [9.17, 15) is 14.7 Å². The topological polar surface area (TPSA) is 59.3 Å². The lowest BCUT2D eigenvalue weighted by Crippen LogP contribution is -2.20. The maximum atomic E-state index is 12.7. The number of benzene rings is 1. The van der Waals surface area contributed by atoms with Crippen molar-refractivity contribution in [1.29, 1.82) is 0 Å². The van der Waals surface area contributed by atoms with Crippen molar-refractivity contribution < 1.29 is 9.90 Å². The van der Waals surface area contributed by atoms with E-state index >= 15 is 0 Å². The quantitative estimate of drug-likeness (QED) is 0.936. The third kappa shape index (κ3) is 2.04. The SMILES string of the molecule is CCCc1cc2c3c(c1)c(=O)c(C(=O)O)cn3C1CCCCC21. The maximum absolute atomic E-state index is 12.7. The van der Waals surface area contributed by atoms with Crippen LogP contribution in [0.4, 0.5) is 0 Å². The van der Waals surface area contributed by atoms with Gasteiger partial charge < -0.3 is 9.67 Å². The minimum Gasteiger partial charge on any atom is -0.477 e. The fourth-order valence-electron chi connectivity index (χ4n) is 4.52. The predicted molar refractivity (Wildman–Crippen MR) is 89.4 cm³/mol. The molecule has 0 bridgehead atoms. The van der Waals surface area contributed by atoms with Gasteiger partial charge in [-0.1, -0.05) is 32.3 Å². The molecule has 0 amide bonds. The minimum absolute atomic E-state index is 0.0941. The lowest BCUT2D eigenvalue weighted by molar-refractivity contribution is 0.0694. The molecule has 1 aromatic carbocycles. The van der Waals surface area contributed by atoms with Gasteiger partial charge in [-0.3, -0.25) is 4.79 Å². The predicted octanol–water partition coefficient (Wildman–Crippen LogP) is 3.86. The third-order valence-electron chi connectivity index (χ3n) is 5.47. The standard InChI is InChI=1S/C19H21NO3/c1-2-5-11-8-13-12-6-3-4-7-16(12)20-10-15(19(22)23)18(21)14(9-11)17(13)20/h8-10,12,16H,2-7H2,1H3,(H,22,23). The van der Waals surface area contributed by atoms with E-state index in [0.717, 1.165) is 36.8 Å². The normalized spacial score (nSPS) is 22.3. The average molecular weight is 311 g/mol. The number of carboxylic acids is 1. The first-order chi connectivity index (χ1) is 11.1. The third-order valence-corrected chi connectivity index (χ3v) is 5.47. The van der Waals surface area contributed by atoms with Gasteiger partial charge in [-0.25, -0.2) is 4.79 Å². The highest BCUT2D eigenvalue weighted by Gasteiger charge is 2.37. The Morgan fingerprint density at radius 3 is 2.83 bits per heavy atom. The van der Waals surface area contributed by atoms with Crippen LogP contribution in [0.15, 0.2) is 23.1 Å². The van der Waals surface area contributed by atoms with Crippen LogP contribution in [0.1, 0.15) is 72.5 Å². The zero-order valence-corrected chi connectivity index (χ0v) is 13.3. The Bertz CT molecular complexity index is 865. The summed E-state index contributed by atoms with van der Waals surface area (Å²) < 4.78 is 2.09. The first-order valence-corrected chi connectivity index (χ1v) is 8.56. The van der Waals surface area contributed by atoms with E-state index in [2.05, 4.69) is 17.6 Å². The molecular weight excluding hydrogens is 290 g/mol. The van der Waals surface area contributed by atoms with E-state index < -0.39 is 5.97 Å². The van der Waals surface area contributed by atoms with Crippen LogP contribution < -0.4 is 5.43 Å². The monoisotopic (exact) mass is 311 g/mol. The number of hydrogen-bond donors (Lipinski definition) is 1. The van der Waals surface area contributed by atoms with Crippen LogP contribution in [0, 0.1) is 0 Å². The molecule has 4 rings (SSSR count). The van der Waals surface area contributed by atoms with E-state index in [0.29, 0.717) is 17.3 Å². The summed E-state index contributed by atoms with van der Waals surface area (Å²) in [5, 5.41) is 10.0. The van der Waals surface area contributed by atoms with Crippen molar-refractivity contribution in [2.45, 2.75) is 57.4 Å². The summed E-state index contributed by atoms with van der Waals surface area (Å²) in [4.78, 5) is 24.2. The second-order valence-electron chi connectivity index (χ2n) is 6.87. The van der Waals surface area contributed by atoms with Crippen LogP contribution in [0.25, 0.3) is 10.9 Å². The Kier molecular flexibility index (Phi) is 3.29. The number of hydrogen-bond acceptors (Lipinski definition) is 2. The van der Waals surface area contributed by atoms with Crippen molar-refractivity contribution in [2.75, 3.05) is 0 Å². The highest BCUT2D eigenvalue weighted by atomic mass is 16.4. The molecule has 2 unspecified atom stereocenters. The Balaban J connectivity index is 2.07. The number of nitrogens with zero attached hydrogens (tertiary/aromatic N) is 1. The first kappa shape index (κ1) is 14.5. The van der Waals surface area contributed by atoms with Gasteiger partial charge in [-0.05, 0) is 36.5 Å². The summed E-state index contributed by atoms with van der Waals surface area (Å²) in [6.07, 6.45) is 8.13. The van der Waals surface area contributed by atoms with Crippen molar-refractivity contribution in [2.24, 2.45) is 0 Å². The Hall–Kier alpha value is -2.10. The molecule has 0 spiro atoms. The van der Waals surface area contributed by atoms with Crippen LogP contribution in [-0.2, 0) is 6.42 Å². The number of carboxylic acid groups (broad SMARTS) is 1. The zero-order chi connectivity index (χ0) is 16.1. The summed E-state index contributed by atoms with van der Waals surface area (Å²) in [6.45, 7) is 2.12. The summed E-state index contributed by atoms with van der Waals surface area (Å²) in [5.74, 6) is -0.686. The molecule has 23 heavy (non-hydrogen) atoms. The number of aromatic nitrogens is 1. The van der Waals surface area contributed by atoms with E-state index in [1.807, 2.05) is 6.07 Å². The number of aryl methyl sites for hydroxylation is 1. The average Bonchev–Trinajstić information content (AvgIpc) is 2.85. The molecule has 1 fully saturated rings. The summed E-state index contributed by atoms with van der Waals surface area (Å²) in [7, 11) is 0. The van der Waals surface area contributed by atoms with Crippen molar-refractivity contribution in [1.82, 2.24) is 4.57 Å². The van der Waals surface area contributed by atoms with Gasteiger partial charge in [0.1, 0.15) is 5.56 Å². The van der Waals surface area contributed by atoms with E-state index in [1.165, 1.54) is 18.4 Å². The Morgan fingerprint density at radius 1 is 1.30 bits per heavy atom. The lowest BCUT2D eigenvalue weighted by atomic mass is 9.81. The Labute approximate surface area is 134 Å². The molecule has 4 nitrogen and oxygen atoms in total.